The second-order valence-corrected chi connectivity index (χ2v) is 5.11. The summed E-state index contributed by atoms with van der Waals surface area (Å²) in [6.07, 6.45) is 0.789. The SMILES string of the molecule is CCCOc1nc(Oc2cc(Br)cc(F)c2F)ccc1N. The summed E-state index contributed by atoms with van der Waals surface area (Å²) >= 11 is 3.07. The second-order valence-electron chi connectivity index (χ2n) is 4.19. The summed E-state index contributed by atoms with van der Waals surface area (Å²) < 4.78 is 37.9. The number of aromatic nitrogens is 1. The van der Waals surface area contributed by atoms with E-state index in [1.165, 1.54) is 18.2 Å². The van der Waals surface area contributed by atoms with Crippen molar-refractivity contribution in [3.05, 3.63) is 40.4 Å². The van der Waals surface area contributed by atoms with Crippen LogP contribution in [0, 0.1) is 11.6 Å². The fraction of sp³-hybridized carbons (Fsp3) is 0.214. The van der Waals surface area contributed by atoms with Gasteiger partial charge in [-0.3, -0.25) is 0 Å². The van der Waals surface area contributed by atoms with Crippen molar-refractivity contribution < 1.29 is 18.3 Å². The van der Waals surface area contributed by atoms with E-state index in [4.69, 9.17) is 15.2 Å². The monoisotopic (exact) mass is 358 g/mol. The number of hydrogen-bond donors (Lipinski definition) is 1. The van der Waals surface area contributed by atoms with E-state index in [-0.39, 0.29) is 17.5 Å². The Kier molecular flexibility index (Phi) is 4.95. The normalized spacial score (nSPS) is 10.5. The van der Waals surface area contributed by atoms with Crippen LogP contribution in [-0.4, -0.2) is 11.6 Å². The van der Waals surface area contributed by atoms with E-state index >= 15 is 0 Å². The topological polar surface area (TPSA) is 57.4 Å². The first-order chi connectivity index (χ1) is 10.0. The molecule has 0 saturated carbocycles. The Bertz CT molecular complexity index is 653. The number of hydrogen-bond acceptors (Lipinski definition) is 4. The van der Waals surface area contributed by atoms with Gasteiger partial charge in [0, 0.05) is 10.5 Å². The summed E-state index contributed by atoms with van der Waals surface area (Å²) in [6, 6.07) is 5.30. The first kappa shape index (κ1) is 15.5. The maximum absolute atomic E-state index is 13.6. The van der Waals surface area contributed by atoms with Crippen molar-refractivity contribution in [1.29, 1.82) is 0 Å². The minimum absolute atomic E-state index is 0.0618. The minimum atomic E-state index is -1.09. The molecule has 0 fully saturated rings. The number of halogens is 3. The number of ether oxygens (including phenoxy) is 2. The summed E-state index contributed by atoms with van der Waals surface area (Å²) in [5.74, 6) is -2.12. The van der Waals surface area contributed by atoms with Crippen LogP contribution in [0.2, 0.25) is 0 Å². The van der Waals surface area contributed by atoms with Gasteiger partial charge in [-0.25, -0.2) is 4.39 Å². The summed E-state index contributed by atoms with van der Waals surface area (Å²) in [4.78, 5) is 4.03. The van der Waals surface area contributed by atoms with Gasteiger partial charge in [-0.05, 0) is 24.6 Å². The zero-order valence-corrected chi connectivity index (χ0v) is 12.8. The van der Waals surface area contributed by atoms with E-state index in [0.717, 1.165) is 12.5 Å². The van der Waals surface area contributed by atoms with Crippen LogP contribution in [0.5, 0.6) is 17.5 Å². The van der Waals surface area contributed by atoms with Crippen molar-refractivity contribution in [2.75, 3.05) is 12.3 Å². The lowest BCUT2D eigenvalue weighted by molar-refractivity contribution is 0.301. The molecule has 0 atom stereocenters. The summed E-state index contributed by atoms with van der Waals surface area (Å²) in [5.41, 5.74) is 6.06. The van der Waals surface area contributed by atoms with Gasteiger partial charge in [0.2, 0.25) is 17.6 Å². The molecular formula is C14H13BrF2N2O2. The van der Waals surface area contributed by atoms with Gasteiger partial charge in [0.05, 0.1) is 12.3 Å². The molecule has 1 aromatic carbocycles. The second kappa shape index (κ2) is 6.71. The molecule has 2 N–H and O–H groups in total. The van der Waals surface area contributed by atoms with Crippen molar-refractivity contribution in [2.45, 2.75) is 13.3 Å². The van der Waals surface area contributed by atoms with E-state index in [1.54, 1.807) is 0 Å². The molecule has 1 aromatic heterocycles. The lowest BCUT2D eigenvalue weighted by Gasteiger charge is -2.10. The van der Waals surface area contributed by atoms with Crippen LogP contribution < -0.4 is 15.2 Å². The van der Waals surface area contributed by atoms with E-state index in [2.05, 4.69) is 20.9 Å². The van der Waals surface area contributed by atoms with Gasteiger partial charge in [0.25, 0.3) is 0 Å². The lowest BCUT2D eigenvalue weighted by Crippen LogP contribution is -2.02. The van der Waals surface area contributed by atoms with Crippen molar-refractivity contribution in [3.8, 4) is 17.5 Å². The number of nitrogens with two attached hydrogens (primary N) is 1. The van der Waals surface area contributed by atoms with Crippen LogP contribution in [0.4, 0.5) is 14.5 Å². The van der Waals surface area contributed by atoms with Crippen LogP contribution in [0.3, 0.4) is 0 Å². The van der Waals surface area contributed by atoms with E-state index in [1.807, 2.05) is 6.92 Å². The van der Waals surface area contributed by atoms with Crippen LogP contribution in [-0.2, 0) is 0 Å². The quantitative estimate of drug-likeness (QED) is 0.810. The van der Waals surface area contributed by atoms with Gasteiger partial charge in [0.1, 0.15) is 0 Å². The fourth-order valence-electron chi connectivity index (χ4n) is 1.52. The van der Waals surface area contributed by atoms with E-state index in [9.17, 15) is 8.78 Å². The average molecular weight is 359 g/mol. The third-order valence-corrected chi connectivity index (χ3v) is 2.94. The van der Waals surface area contributed by atoms with Crippen LogP contribution >= 0.6 is 15.9 Å². The molecule has 0 radical (unpaired) electrons. The Morgan fingerprint density at radius 3 is 2.76 bits per heavy atom. The molecule has 0 amide bonds. The first-order valence-electron chi connectivity index (χ1n) is 6.23. The number of anilines is 1. The predicted octanol–water partition coefficient (Wildman–Crippen LogP) is 4.29. The Hall–Kier alpha value is -1.89. The standard InChI is InChI=1S/C14H13BrF2N2O2/c1-2-5-20-14-10(18)3-4-12(19-14)21-11-7-8(15)6-9(16)13(11)17/h3-4,6-7H,2,5,18H2,1H3. The Balaban J connectivity index is 2.27. The summed E-state index contributed by atoms with van der Waals surface area (Å²) in [7, 11) is 0. The fourth-order valence-corrected chi connectivity index (χ4v) is 1.93. The van der Waals surface area contributed by atoms with Gasteiger partial charge < -0.3 is 15.2 Å². The molecule has 2 aromatic rings. The smallest absolute Gasteiger partial charge is 0.240 e. The Labute approximate surface area is 129 Å². The average Bonchev–Trinajstić information content (AvgIpc) is 2.44. The predicted molar refractivity (Wildman–Crippen MR) is 78.6 cm³/mol. The molecule has 0 bridgehead atoms. The van der Waals surface area contributed by atoms with Gasteiger partial charge in [-0.2, -0.15) is 9.37 Å². The number of rotatable bonds is 5. The molecule has 1 heterocycles. The molecule has 4 nitrogen and oxygen atoms in total. The third-order valence-electron chi connectivity index (χ3n) is 2.48. The largest absolute Gasteiger partial charge is 0.476 e. The molecule has 21 heavy (non-hydrogen) atoms. The molecule has 112 valence electrons. The molecule has 0 aliphatic carbocycles. The van der Waals surface area contributed by atoms with Gasteiger partial charge in [-0.15, -0.1) is 0 Å². The minimum Gasteiger partial charge on any atom is -0.476 e. The van der Waals surface area contributed by atoms with Crippen molar-refractivity contribution in [1.82, 2.24) is 4.98 Å². The van der Waals surface area contributed by atoms with Crippen molar-refractivity contribution in [2.24, 2.45) is 0 Å². The number of nitrogens with zero attached hydrogens (tertiary/aromatic N) is 1. The molecule has 2 rings (SSSR count). The highest BCUT2D eigenvalue weighted by molar-refractivity contribution is 9.10. The van der Waals surface area contributed by atoms with E-state index < -0.39 is 11.6 Å². The van der Waals surface area contributed by atoms with Crippen molar-refractivity contribution in [3.63, 3.8) is 0 Å². The zero-order chi connectivity index (χ0) is 15.4. The third kappa shape index (κ3) is 3.81. The van der Waals surface area contributed by atoms with Gasteiger partial charge in [0.15, 0.2) is 11.6 Å². The molecule has 0 aliphatic heterocycles. The van der Waals surface area contributed by atoms with Gasteiger partial charge >= 0.3 is 0 Å². The van der Waals surface area contributed by atoms with Crippen LogP contribution in [0.15, 0.2) is 28.7 Å². The first-order valence-corrected chi connectivity index (χ1v) is 7.02. The highest BCUT2D eigenvalue weighted by Gasteiger charge is 2.14. The molecule has 0 spiro atoms. The molecule has 0 saturated heterocycles. The van der Waals surface area contributed by atoms with Crippen LogP contribution in [0.25, 0.3) is 0 Å². The lowest BCUT2D eigenvalue weighted by atomic mass is 10.3. The number of pyridine rings is 1. The summed E-state index contributed by atoms with van der Waals surface area (Å²) in [5, 5.41) is 0. The highest BCUT2D eigenvalue weighted by Crippen LogP contribution is 2.30. The van der Waals surface area contributed by atoms with Crippen LogP contribution in [0.1, 0.15) is 13.3 Å². The molecule has 0 unspecified atom stereocenters. The number of nitrogen functional groups attached to an aromatic ring is 1. The van der Waals surface area contributed by atoms with Gasteiger partial charge in [-0.1, -0.05) is 22.9 Å². The maximum atomic E-state index is 13.6. The molecular weight excluding hydrogens is 346 g/mol. The Morgan fingerprint density at radius 2 is 2.05 bits per heavy atom. The highest BCUT2D eigenvalue weighted by atomic mass is 79.9. The summed E-state index contributed by atoms with van der Waals surface area (Å²) in [6.45, 7) is 2.39. The zero-order valence-electron chi connectivity index (χ0n) is 11.2. The molecule has 7 heteroatoms. The van der Waals surface area contributed by atoms with Crippen molar-refractivity contribution >= 4 is 21.6 Å². The molecule has 0 aliphatic rings. The van der Waals surface area contributed by atoms with E-state index in [0.29, 0.717) is 16.8 Å². The maximum Gasteiger partial charge on any atom is 0.240 e. The Morgan fingerprint density at radius 1 is 1.29 bits per heavy atom. The number of benzene rings is 1.